The molecule has 4 heterocycles. The number of aromatic nitrogens is 3. The maximum absolute atomic E-state index is 9.71. The lowest BCUT2D eigenvalue weighted by atomic mass is 10.0. The molecule has 4 aromatic rings. The molecule has 1 aliphatic rings. The van der Waals surface area contributed by atoms with Crippen molar-refractivity contribution < 1.29 is 5.11 Å². The molecule has 1 saturated heterocycles. The Hall–Kier alpha value is -3.71. The summed E-state index contributed by atoms with van der Waals surface area (Å²) < 4.78 is 2.13. The Morgan fingerprint density at radius 2 is 1.74 bits per heavy atom. The van der Waals surface area contributed by atoms with Gasteiger partial charge in [-0.2, -0.15) is 0 Å². The fraction of sp³-hybridized carbons (Fsp3) is 0.125. The van der Waals surface area contributed by atoms with Crippen LogP contribution in [0.25, 0.3) is 5.69 Å². The number of nitrogens with zero attached hydrogens (tertiary/aromatic N) is 4. The molecule has 2 N–H and O–H groups in total. The lowest BCUT2D eigenvalue weighted by Gasteiger charge is -2.29. The summed E-state index contributed by atoms with van der Waals surface area (Å²) in [7, 11) is 0. The molecule has 1 fully saturated rings. The first-order chi connectivity index (χ1) is 15.2. The van der Waals surface area contributed by atoms with E-state index in [9.17, 15) is 5.11 Å². The van der Waals surface area contributed by atoms with Crippen LogP contribution in [-0.2, 0) is 6.54 Å². The van der Waals surface area contributed by atoms with Crippen molar-refractivity contribution in [2.45, 2.75) is 18.6 Å². The lowest BCUT2D eigenvalue weighted by Crippen LogP contribution is -2.30. The van der Waals surface area contributed by atoms with Crippen LogP contribution < -0.4 is 5.32 Å². The van der Waals surface area contributed by atoms with E-state index in [1.54, 1.807) is 24.5 Å². The first-order valence-electron chi connectivity index (χ1n) is 10.0. The van der Waals surface area contributed by atoms with Gasteiger partial charge >= 0.3 is 0 Å². The predicted octanol–water partition coefficient (Wildman–Crippen LogP) is 4.15. The molecule has 0 saturated carbocycles. The summed E-state index contributed by atoms with van der Waals surface area (Å²) in [6, 6.07) is 21.1. The molecule has 6 nitrogen and oxygen atoms in total. The zero-order valence-electron chi connectivity index (χ0n) is 16.7. The van der Waals surface area contributed by atoms with Gasteiger partial charge < -0.3 is 19.9 Å². The van der Waals surface area contributed by atoms with Crippen LogP contribution >= 0.6 is 12.2 Å². The van der Waals surface area contributed by atoms with Crippen molar-refractivity contribution in [2.24, 2.45) is 0 Å². The number of benzene rings is 1. The monoisotopic (exact) mass is 427 g/mol. The largest absolute Gasteiger partial charge is 0.508 e. The highest BCUT2D eigenvalue weighted by Crippen LogP contribution is 2.40. The fourth-order valence-electron chi connectivity index (χ4n) is 4.07. The van der Waals surface area contributed by atoms with Gasteiger partial charge in [-0.3, -0.25) is 9.97 Å². The van der Waals surface area contributed by atoms with E-state index < -0.39 is 0 Å². The van der Waals surface area contributed by atoms with Crippen molar-refractivity contribution in [3.63, 3.8) is 0 Å². The summed E-state index contributed by atoms with van der Waals surface area (Å²) >= 11 is 5.77. The van der Waals surface area contributed by atoms with Crippen LogP contribution in [0.2, 0.25) is 0 Å². The van der Waals surface area contributed by atoms with E-state index in [0.717, 1.165) is 22.6 Å². The molecule has 0 amide bonds. The van der Waals surface area contributed by atoms with Crippen LogP contribution in [0.4, 0.5) is 0 Å². The zero-order valence-corrected chi connectivity index (χ0v) is 17.5. The number of hydrogen-bond acceptors (Lipinski definition) is 4. The van der Waals surface area contributed by atoms with E-state index >= 15 is 0 Å². The molecule has 5 rings (SSSR count). The Labute approximate surface area is 185 Å². The number of phenols is 1. The van der Waals surface area contributed by atoms with Gasteiger partial charge in [-0.1, -0.05) is 6.07 Å². The van der Waals surface area contributed by atoms with Gasteiger partial charge in [-0.15, -0.1) is 0 Å². The lowest BCUT2D eigenvalue weighted by molar-refractivity contribution is 0.302. The number of rotatable bonds is 5. The zero-order chi connectivity index (χ0) is 21.2. The van der Waals surface area contributed by atoms with Crippen molar-refractivity contribution in [1.29, 1.82) is 0 Å². The van der Waals surface area contributed by atoms with E-state index in [1.807, 2.05) is 60.9 Å². The molecule has 0 bridgehead atoms. The van der Waals surface area contributed by atoms with Gasteiger partial charge in [-0.05, 0) is 78.4 Å². The summed E-state index contributed by atoms with van der Waals surface area (Å²) in [5.74, 6) is 0.242. The molecular formula is C24H21N5OS. The average Bonchev–Trinajstić information content (AvgIpc) is 3.40. The minimum absolute atomic E-state index is 0.0700. The van der Waals surface area contributed by atoms with Crippen molar-refractivity contribution in [3.8, 4) is 11.4 Å². The SMILES string of the molecule is Oc1ccc(-n2cccc2[C@H]2[C@@H](c3ccccn3)NC(=S)N2Cc2ccncc2)cc1. The van der Waals surface area contributed by atoms with E-state index in [4.69, 9.17) is 12.2 Å². The molecule has 2 atom stereocenters. The van der Waals surface area contributed by atoms with Crippen LogP contribution in [-0.4, -0.2) is 29.7 Å². The third-order valence-corrected chi connectivity index (χ3v) is 5.86. The third kappa shape index (κ3) is 3.75. The molecule has 7 heteroatoms. The molecule has 0 unspecified atom stereocenters. The maximum Gasteiger partial charge on any atom is 0.170 e. The second-order valence-corrected chi connectivity index (χ2v) is 7.82. The molecule has 1 aliphatic heterocycles. The highest BCUT2D eigenvalue weighted by Gasteiger charge is 2.41. The summed E-state index contributed by atoms with van der Waals surface area (Å²) in [6.07, 6.45) is 7.43. The fourth-order valence-corrected chi connectivity index (χ4v) is 4.37. The van der Waals surface area contributed by atoms with E-state index in [1.165, 1.54) is 0 Å². The van der Waals surface area contributed by atoms with Gasteiger partial charge in [0.15, 0.2) is 5.11 Å². The Bertz CT molecular complexity index is 1180. The Morgan fingerprint density at radius 3 is 2.48 bits per heavy atom. The van der Waals surface area contributed by atoms with Gasteiger partial charge in [0.1, 0.15) is 5.75 Å². The minimum atomic E-state index is -0.0960. The quantitative estimate of drug-likeness (QED) is 0.467. The van der Waals surface area contributed by atoms with Crippen LogP contribution in [0.15, 0.2) is 91.5 Å². The number of pyridine rings is 2. The first kappa shape index (κ1) is 19.3. The standard InChI is InChI=1S/C24H21N5OS/c30-19-8-6-18(7-9-19)28-15-3-5-21(28)23-22(20-4-1-2-12-26-20)27-24(31)29(23)16-17-10-13-25-14-11-17/h1-15,22-23,30H,16H2,(H,27,31)/t22-,23+/m1/s1. The molecule has 3 aromatic heterocycles. The van der Waals surface area contributed by atoms with Gasteiger partial charge in [0.2, 0.25) is 0 Å². The Kier molecular flexibility index (Phi) is 5.09. The highest BCUT2D eigenvalue weighted by molar-refractivity contribution is 7.80. The summed E-state index contributed by atoms with van der Waals surface area (Å²) in [5.41, 5.74) is 4.13. The van der Waals surface area contributed by atoms with E-state index in [0.29, 0.717) is 11.7 Å². The van der Waals surface area contributed by atoms with Crippen molar-refractivity contribution >= 4 is 17.3 Å². The highest BCUT2D eigenvalue weighted by atomic mass is 32.1. The Balaban J connectivity index is 1.60. The molecule has 0 radical (unpaired) electrons. The third-order valence-electron chi connectivity index (χ3n) is 5.51. The smallest absolute Gasteiger partial charge is 0.170 e. The van der Waals surface area contributed by atoms with Crippen LogP contribution in [0.1, 0.15) is 29.0 Å². The molecular weight excluding hydrogens is 406 g/mol. The predicted molar refractivity (Wildman–Crippen MR) is 123 cm³/mol. The van der Waals surface area contributed by atoms with E-state index in [2.05, 4.69) is 30.8 Å². The van der Waals surface area contributed by atoms with Crippen LogP contribution in [0.3, 0.4) is 0 Å². The number of phenolic OH excluding ortho intramolecular Hbond substituents is 1. The van der Waals surface area contributed by atoms with Crippen LogP contribution in [0, 0.1) is 0 Å². The topological polar surface area (TPSA) is 66.2 Å². The molecule has 0 aliphatic carbocycles. The van der Waals surface area contributed by atoms with Gasteiger partial charge in [-0.25, -0.2) is 0 Å². The van der Waals surface area contributed by atoms with Gasteiger partial charge in [0, 0.05) is 42.7 Å². The minimum Gasteiger partial charge on any atom is -0.508 e. The molecule has 1 aromatic carbocycles. The van der Waals surface area contributed by atoms with Gasteiger partial charge in [0.05, 0.1) is 17.8 Å². The van der Waals surface area contributed by atoms with Crippen molar-refractivity contribution in [1.82, 2.24) is 24.8 Å². The maximum atomic E-state index is 9.71. The first-order valence-corrected chi connectivity index (χ1v) is 10.4. The van der Waals surface area contributed by atoms with Crippen LogP contribution in [0.5, 0.6) is 5.75 Å². The number of hydrogen-bond donors (Lipinski definition) is 2. The van der Waals surface area contributed by atoms with Crippen molar-refractivity contribution in [3.05, 3.63) is 108 Å². The summed E-state index contributed by atoms with van der Waals surface area (Å²) in [6.45, 7) is 0.656. The second-order valence-electron chi connectivity index (χ2n) is 7.43. The summed E-state index contributed by atoms with van der Waals surface area (Å²) in [4.78, 5) is 10.9. The number of thiocarbonyl (C=S) groups is 1. The second kappa shape index (κ2) is 8.20. The number of aromatic hydroxyl groups is 1. The van der Waals surface area contributed by atoms with Gasteiger partial charge in [0.25, 0.3) is 0 Å². The molecule has 31 heavy (non-hydrogen) atoms. The average molecular weight is 428 g/mol. The van der Waals surface area contributed by atoms with E-state index in [-0.39, 0.29) is 17.8 Å². The van der Waals surface area contributed by atoms with Crippen molar-refractivity contribution in [2.75, 3.05) is 0 Å². The number of nitrogens with one attached hydrogen (secondary N) is 1. The summed E-state index contributed by atoms with van der Waals surface area (Å²) in [5, 5.41) is 13.9. The normalized spacial score (nSPS) is 18.2. The Morgan fingerprint density at radius 1 is 0.935 bits per heavy atom. The molecule has 154 valence electrons. The molecule has 0 spiro atoms.